The van der Waals surface area contributed by atoms with E-state index in [4.69, 9.17) is 14.6 Å². The van der Waals surface area contributed by atoms with Crippen molar-refractivity contribution >= 4 is 5.97 Å². The highest BCUT2D eigenvalue weighted by Crippen LogP contribution is 2.29. The second-order valence-corrected chi connectivity index (χ2v) is 6.23. The number of esters is 1. The van der Waals surface area contributed by atoms with E-state index in [0.29, 0.717) is 12.8 Å². The zero-order chi connectivity index (χ0) is 19.2. The van der Waals surface area contributed by atoms with E-state index < -0.39 is 48.9 Å². The van der Waals surface area contributed by atoms with Crippen LogP contribution in [0.15, 0.2) is 24.3 Å². The average Bonchev–Trinajstić information content (AvgIpc) is 2.60. The largest absolute Gasteiger partial charge is 0.466 e. The number of methoxy groups -OCH3 is 1. The average molecular weight is 360 g/mol. The first-order valence-electron chi connectivity index (χ1n) is 8.08. The normalized spacial score (nSPS) is 32.8. The first-order valence-corrected chi connectivity index (χ1v) is 8.08. The molecule has 1 heterocycles. The Labute approximate surface area is 147 Å². The highest BCUT2D eigenvalue weighted by molar-refractivity contribution is 5.88. The fraction of sp³-hybridized carbons (Fsp3) is 0.706. The maximum atomic E-state index is 11.4. The molecule has 0 amide bonds. The summed E-state index contributed by atoms with van der Waals surface area (Å²) in [4.78, 5) is 11.4. The van der Waals surface area contributed by atoms with Gasteiger partial charge in [-0.25, -0.2) is 4.79 Å². The predicted molar refractivity (Wildman–Crippen MR) is 88.5 cm³/mol. The molecule has 0 radical (unpaired) electrons. The summed E-state index contributed by atoms with van der Waals surface area (Å²) in [5.74, 6) is -0.610. The zero-order valence-electron chi connectivity index (χ0n) is 14.8. The van der Waals surface area contributed by atoms with Crippen molar-refractivity contribution in [1.82, 2.24) is 0 Å². The Morgan fingerprint density at radius 1 is 1.28 bits per heavy atom. The maximum absolute atomic E-state index is 11.4. The quantitative estimate of drug-likeness (QED) is 0.263. The van der Waals surface area contributed by atoms with Gasteiger partial charge in [0, 0.05) is 0 Å². The summed E-state index contributed by atoms with van der Waals surface area (Å²) >= 11 is 0. The fourth-order valence-electron chi connectivity index (χ4n) is 2.46. The Morgan fingerprint density at radius 2 is 1.92 bits per heavy atom. The minimum Gasteiger partial charge on any atom is -0.466 e. The molecule has 0 aliphatic carbocycles. The number of aliphatic hydroxyl groups excluding tert-OH is 4. The van der Waals surface area contributed by atoms with Gasteiger partial charge in [-0.05, 0) is 26.7 Å². The lowest BCUT2D eigenvalue weighted by Gasteiger charge is -2.42. The molecule has 1 rings (SSSR count). The van der Waals surface area contributed by atoms with Crippen molar-refractivity contribution in [2.24, 2.45) is 0 Å². The number of allylic oxidation sites excluding steroid dienone is 1. The molecule has 6 atom stereocenters. The number of aliphatic hydroxyl groups is 4. The Morgan fingerprint density at radius 3 is 2.44 bits per heavy atom. The first kappa shape index (κ1) is 21.8. The molecular formula is C17H28O8. The van der Waals surface area contributed by atoms with Gasteiger partial charge in [0.15, 0.2) is 6.29 Å². The van der Waals surface area contributed by atoms with Gasteiger partial charge in [0.25, 0.3) is 0 Å². The van der Waals surface area contributed by atoms with Crippen LogP contribution >= 0.6 is 0 Å². The third-order valence-electron chi connectivity index (χ3n) is 4.27. The second kappa shape index (κ2) is 9.42. The van der Waals surface area contributed by atoms with Crippen molar-refractivity contribution < 1.29 is 39.4 Å². The molecule has 144 valence electrons. The lowest BCUT2D eigenvalue weighted by molar-refractivity contribution is -0.313. The minimum atomic E-state index is -1.41. The lowest BCUT2D eigenvalue weighted by Crippen LogP contribution is -2.58. The molecule has 0 spiro atoms. The molecule has 1 aliphatic rings. The molecule has 8 nitrogen and oxygen atoms in total. The van der Waals surface area contributed by atoms with Crippen LogP contribution in [0.3, 0.4) is 0 Å². The highest BCUT2D eigenvalue weighted by Gasteiger charge is 2.44. The van der Waals surface area contributed by atoms with Crippen molar-refractivity contribution in [2.45, 2.75) is 63.0 Å². The summed E-state index contributed by atoms with van der Waals surface area (Å²) in [6.07, 6.45) is -2.05. The van der Waals surface area contributed by atoms with Crippen LogP contribution in [0, 0.1) is 0 Å². The SMILES string of the molecule is C=CC(C)(CCC=C(CO)C(=O)OC)OC1OC(C)C(O)C(O)C1O. The predicted octanol–water partition coefficient (Wildman–Crippen LogP) is -0.353. The number of hydrogen-bond donors (Lipinski definition) is 4. The summed E-state index contributed by atoms with van der Waals surface area (Å²) in [6.45, 7) is 6.54. The summed E-state index contributed by atoms with van der Waals surface area (Å²) < 4.78 is 15.7. The van der Waals surface area contributed by atoms with Crippen LogP contribution in [0.4, 0.5) is 0 Å². The summed E-state index contributed by atoms with van der Waals surface area (Å²) in [5.41, 5.74) is -0.796. The van der Waals surface area contributed by atoms with E-state index in [1.807, 2.05) is 0 Å². The van der Waals surface area contributed by atoms with Gasteiger partial charge in [-0.3, -0.25) is 0 Å². The number of ether oxygens (including phenoxy) is 3. The van der Waals surface area contributed by atoms with E-state index in [9.17, 15) is 20.1 Å². The minimum absolute atomic E-state index is 0.134. The smallest absolute Gasteiger partial charge is 0.335 e. The van der Waals surface area contributed by atoms with E-state index >= 15 is 0 Å². The van der Waals surface area contributed by atoms with E-state index in [2.05, 4.69) is 11.3 Å². The van der Waals surface area contributed by atoms with Gasteiger partial charge >= 0.3 is 5.97 Å². The highest BCUT2D eigenvalue weighted by atomic mass is 16.7. The Balaban J connectivity index is 2.74. The second-order valence-electron chi connectivity index (χ2n) is 6.23. The Kier molecular flexibility index (Phi) is 8.20. The maximum Gasteiger partial charge on any atom is 0.335 e. The van der Waals surface area contributed by atoms with E-state index in [-0.39, 0.29) is 5.57 Å². The molecule has 1 saturated heterocycles. The molecule has 0 saturated carbocycles. The van der Waals surface area contributed by atoms with Crippen LogP contribution in [0.2, 0.25) is 0 Å². The molecule has 4 N–H and O–H groups in total. The molecule has 8 heteroatoms. The molecule has 0 aromatic heterocycles. The van der Waals surface area contributed by atoms with Gasteiger partial charge in [-0.15, -0.1) is 6.58 Å². The number of rotatable bonds is 8. The molecule has 25 heavy (non-hydrogen) atoms. The molecule has 1 aliphatic heterocycles. The van der Waals surface area contributed by atoms with Gasteiger partial charge in [-0.2, -0.15) is 0 Å². The van der Waals surface area contributed by atoms with Crippen LogP contribution in [0.5, 0.6) is 0 Å². The van der Waals surface area contributed by atoms with Crippen molar-refractivity contribution in [1.29, 1.82) is 0 Å². The van der Waals surface area contributed by atoms with Crippen molar-refractivity contribution in [2.75, 3.05) is 13.7 Å². The van der Waals surface area contributed by atoms with Crippen molar-refractivity contribution in [3.8, 4) is 0 Å². The van der Waals surface area contributed by atoms with Crippen LogP contribution in [0.25, 0.3) is 0 Å². The van der Waals surface area contributed by atoms with Crippen LogP contribution in [-0.2, 0) is 19.0 Å². The standard InChI is InChI=1S/C17H28O8/c1-5-17(3,8-6-7-11(9-18)15(22)23-4)25-16-14(21)13(20)12(19)10(2)24-16/h5,7,10,12-14,16,18-21H,1,6,8-9H2,2-4H3. The van der Waals surface area contributed by atoms with Gasteiger partial charge in [0.05, 0.1) is 31.0 Å². The lowest BCUT2D eigenvalue weighted by atomic mass is 9.97. The van der Waals surface area contributed by atoms with Gasteiger partial charge < -0.3 is 34.6 Å². The topological polar surface area (TPSA) is 126 Å². The summed E-state index contributed by atoms with van der Waals surface area (Å²) in [6, 6.07) is 0. The fourth-order valence-corrected chi connectivity index (χ4v) is 2.46. The molecule has 0 aromatic carbocycles. The van der Waals surface area contributed by atoms with Crippen molar-refractivity contribution in [3.05, 3.63) is 24.3 Å². The summed E-state index contributed by atoms with van der Waals surface area (Å²) in [5, 5.41) is 38.8. The molecule has 0 aromatic rings. The van der Waals surface area contributed by atoms with Crippen LogP contribution in [0.1, 0.15) is 26.7 Å². The third kappa shape index (κ3) is 5.60. The number of carbonyl (C=O) groups is 1. The molecule has 1 fully saturated rings. The monoisotopic (exact) mass is 360 g/mol. The molecular weight excluding hydrogens is 332 g/mol. The van der Waals surface area contributed by atoms with Gasteiger partial charge in [0.2, 0.25) is 0 Å². The summed E-state index contributed by atoms with van der Waals surface area (Å²) in [7, 11) is 1.23. The molecule has 0 bridgehead atoms. The molecule has 6 unspecified atom stereocenters. The van der Waals surface area contributed by atoms with Crippen LogP contribution < -0.4 is 0 Å². The van der Waals surface area contributed by atoms with Crippen LogP contribution in [-0.4, -0.2) is 76.4 Å². The third-order valence-corrected chi connectivity index (χ3v) is 4.27. The van der Waals surface area contributed by atoms with Crippen molar-refractivity contribution in [3.63, 3.8) is 0 Å². The van der Waals surface area contributed by atoms with Gasteiger partial charge in [-0.1, -0.05) is 12.2 Å². The number of carbonyl (C=O) groups excluding carboxylic acids is 1. The Bertz CT molecular complexity index is 491. The Hall–Kier alpha value is -1.29. The number of hydrogen-bond acceptors (Lipinski definition) is 8. The first-order chi connectivity index (χ1) is 11.7. The van der Waals surface area contributed by atoms with E-state index in [0.717, 1.165) is 0 Å². The van der Waals surface area contributed by atoms with E-state index in [1.54, 1.807) is 13.8 Å². The zero-order valence-corrected chi connectivity index (χ0v) is 14.8. The van der Waals surface area contributed by atoms with E-state index in [1.165, 1.54) is 19.3 Å². The van der Waals surface area contributed by atoms with Gasteiger partial charge in [0.1, 0.15) is 18.3 Å².